The first kappa shape index (κ1) is 13.9. The van der Waals surface area contributed by atoms with E-state index in [9.17, 15) is 9.59 Å². The Morgan fingerprint density at radius 3 is 2.71 bits per heavy atom. The van der Waals surface area contributed by atoms with Crippen molar-refractivity contribution in [1.29, 1.82) is 0 Å². The van der Waals surface area contributed by atoms with Gasteiger partial charge in [0.2, 0.25) is 11.9 Å². The molecule has 0 bridgehead atoms. The molecule has 8 heteroatoms. The molecule has 1 atom stereocenters. The summed E-state index contributed by atoms with van der Waals surface area (Å²) in [6, 6.07) is 5.01. The van der Waals surface area contributed by atoms with Crippen molar-refractivity contribution < 1.29 is 4.79 Å². The van der Waals surface area contributed by atoms with Crippen molar-refractivity contribution in [3.63, 3.8) is 0 Å². The van der Waals surface area contributed by atoms with Gasteiger partial charge in [-0.05, 0) is 17.7 Å². The summed E-state index contributed by atoms with van der Waals surface area (Å²) >= 11 is 11.9. The predicted molar refractivity (Wildman–Crippen MR) is 80.8 cm³/mol. The first-order valence-corrected chi connectivity index (χ1v) is 6.86. The van der Waals surface area contributed by atoms with Crippen molar-refractivity contribution in [1.82, 2.24) is 9.97 Å². The highest BCUT2D eigenvalue weighted by molar-refractivity contribution is 6.42. The summed E-state index contributed by atoms with van der Waals surface area (Å²) in [5.41, 5.74) is 6.20. The third kappa shape index (κ3) is 2.48. The van der Waals surface area contributed by atoms with Crippen molar-refractivity contribution in [2.45, 2.75) is 12.3 Å². The third-order valence-corrected chi connectivity index (χ3v) is 4.05. The molecule has 1 aromatic carbocycles. The van der Waals surface area contributed by atoms with Crippen LogP contribution in [0, 0.1) is 0 Å². The van der Waals surface area contributed by atoms with Crippen LogP contribution in [-0.2, 0) is 4.79 Å². The highest BCUT2D eigenvalue weighted by Crippen LogP contribution is 2.36. The van der Waals surface area contributed by atoms with Gasteiger partial charge in [0, 0.05) is 12.3 Å². The van der Waals surface area contributed by atoms with E-state index in [1.165, 1.54) is 0 Å². The van der Waals surface area contributed by atoms with Gasteiger partial charge in [0.1, 0.15) is 5.82 Å². The predicted octanol–water partition coefficient (Wildman–Crippen LogP) is 2.13. The lowest BCUT2D eigenvalue weighted by molar-refractivity contribution is -0.116. The molecular weight excluding hydrogens is 315 g/mol. The molecule has 0 saturated carbocycles. The van der Waals surface area contributed by atoms with Gasteiger partial charge < -0.3 is 11.1 Å². The Morgan fingerprint density at radius 1 is 1.24 bits per heavy atom. The van der Waals surface area contributed by atoms with E-state index < -0.39 is 5.92 Å². The summed E-state index contributed by atoms with van der Waals surface area (Å²) in [6.45, 7) is 0. The lowest BCUT2D eigenvalue weighted by atomic mass is 9.87. The van der Waals surface area contributed by atoms with Crippen LogP contribution in [0.2, 0.25) is 10.0 Å². The van der Waals surface area contributed by atoms with E-state index in [0.29, 0.717) is 15.6 Å². The normalized spacial score (nSPS) is 17.2. The molecule has 1 aliphatic heterocycles. The summed E-state index contributed by atoms with van der Waals surface area (Å²) in [7, 11) is 0. The lowest BCUT2D eigenvalue weighted by Crippen LogP contribution is -2.31. The van der Waals surface area contributed by atoms with Crippen LogP contribution in [0.15, 0.2) is 23.0 Å². The topological polar surface area (TPSA) is 101 Å². The Balaban J connectivity index is 2.19. The number of nitrogens with zero attached hydrogens (tertiary/aromatic N) is 1. The third-order valence-electron chi connectivity index (χ3n) is 3.32. The molecule has 0 radical (unpaired) electrons. The zero-order valence-electron chi connectivity index (χ0n) is 10.6. The number of carbonyl (C=O) groups is 1. The molecule has 4 N–H and O–H groups in total. The maximum absolute atomic E-state index is 12.1. The van der Waals surface area contributed by atoms with Crippen LogP contribution in [-0.4, -0.2) is 15.9 Å². The number of nitrogens with two attached hydrogens (primary N) is 1. The number of carbonyl (C=O) groups excluding carboxylic acids is 1. The van der Waals surface area contributed by atoms with Crippen molar-refractivity contribution in [2.75, 3.05) is 11.1 Å². The largest absolute Gasteiger partial charge is 0.369 e. The van der Waals surface area contributed by atoms with Crippen LogP contribution in [0.3, 0.4) is 0 Å². The monoisotopic (exact) mass is 324 g/mol. The number of nitrogen functional groups attached to an aromatic ring is 1. The van der Waals surface area contributed by atoms with Gasteiger partial charge in [-0.25, -0.2) is 0 Å². The molecule has 1 aromatic heterocycles. The van der Waals surface area contributed by atoms with Gasteiger partial charge >= 0.3 is 0 Å². The van der Waals surface area contributed by atoms with Crippen molar-refractivity contribution in [2.24, 2.45) is 0 Å². The Morgan fingerprint density at radius 2 is 2.00 bits per heavy atom. The van der Waals surface area contributed by atoms with Gasteiger partial charge in [0.15, 0.2) is 0 Å². The van der Waals surface area contributed by atoms with Crippen LogP contribution < -0.4 is 16.6 Å². The SMILES string of the molecule is Nc1nc2c(c(=O)[nH]1)[C@@H](c1ccc(Cl)c(Cl)c1)CC(=O)N2. The van der Waals surface area contributed by atoms with Gasteiger partial charge in [0.05, 0.1) is 15.6 Å². The maximum Gasteiger partial charge on any atom is 0.258 e. The Hall–Kier alpha value is -2.05. The molecular formula is C13H10Cl2N4O2. The second kappa shape index (κ2) is 5.05. The molecule has 6 nitrogen and oxygen atoms in total. The number of benzene rings is 1. The number of anilines is 2. The fraction of sp³-hybridized carbons (Fsp3) is 0.154. The minimum atomic E-state index is -0.444. The fourth-order valence-corrected chi connectivity index (χ4v) is 2.71. The number of aromatic amines is 1. The maximum atomic E-state index is 12.1. The van der Waals surface area contributed by atoms with E-state index in [0.717, 1.165) is 5.56 Å². The van der Waals surface area contributed by atoms with Crippen molar-refractivity contribution in [3.8, 4) is 0 Å². The summed E-state index contributed by atoms with van der Waals surface area (Å²) in [5.74, 6) is -0.547. The van der Waals surface area contributed by atoms with E-state index in [-0.39, 0.29) is 29.7 Å². The minimum Gasteiger partial charge on any atom is -0.369 e. The van der Waals surface area contributed by atoms with Crippen LogP contribution in [0.25, 0.3) is 0 Å². The van der Waals surface area contributed by atoms with Gasteiger partial charge in [-0.15, -0.1) is 0 Å². The highest BCUT2D eigenvalue weighted by atomic mass is 35.5. The van der Waals surface area contributed by atoms with Gasteiger partial charge in [-0.3, -0.25) is 14.6 Å². The van der Waals surface area contributed by atoms with Gasteiger partial charge in [-0.1, -0.05) is 29.3 Å². The second-order valence-corrected chi connectivity index (χ2v) is 5.51. The summed E-state index contributed by atoms with van der Waals surface area (Å²) in [4.78, 5) is 30.4. The lowest BCUT2D eigenvalue weighted by Gasteiger charge is -2.24. The number of hydrogen-bond donors (Lipinski definition) is 3. The second-order valence-electron chi connectivity index (χ2n) is 4.69. The molecule has 0 fully saturated rings. The molecule has 1 aliphatic rings. The molecule has 0 spiro atoms. The summed E-state index contributed by atoms with van der Waals surface area (Å²) in [5, 5.41) is 3.33. The Kier molecular flexibility index (Phi) is 3.35. The van der Waals surface area contributed by atoms with Crippen LogP contribution in [0.5, 0.6) is 0 Å². The first-order valence-electron chi connectivity index (χ1n) is 6.10. The van der Waals surface area contributed by atoms with E-state index >= 15 is 0 Å². The van der Waals surface area contributed by atoms with Crippen molar-refractivity contribution >= 4 is 40.9 Å². The van der Waals surface area contributed by atoms with Crippen LogP contribution in [0.4, 0.5) is 11.8 Å². The number of halogens is 2. The molecule has 2 heterocycles. The first-order chi connectivity index (χ1) is 9.95. The minimum absolute atomic E-state index is 0.0474. The van der Waals surface area contributed by atoms with Crippen LogP contribution in [0.1, 0.15) is 23.5 Å². The standard InChI is InChI=1S/C13H10Cl2N4O2/c14-7-2-1-5(3-8(7)15)6-4-9(20)17-11-10(6)12(21)19-13(16)18-11/h1-3,6H,4H2,(H4,16,17,18,19,20,21)/t6-/m1/s1. The molecule has 0 saturated heterocycles. The number of amides is 1. The molecule has 21 heavy (non-hydrogen) atoms. The Bertz CT molecular complexity index is 803. The van der Waals surface area contributed by atoms with E-state index in [1.54, 1.807) is 18.2 Å². The highest BCUT2D eigenvalue weighted by Gasteiger charge is 2.30. The summed E-state index contributed by atoms with van der Waals surface area (Å²) < 4.78 is 0. The van der Waals surface area contributed by atoms with Crippen LogP contribution >= 0.6 is 23.2 Å². The fourth-order valence-electron chi connectivity index (χ4n) is 2.40. The number of fused-ring (bicyclic) bond motifs is 1. The number of rotatable bonds is 1. The molecule has 108 valence electrons. The molecule has 0 unspecified atom stereocenters. The number of nitrogens with one attached hydrogen (secondary N) is 2. The number of aromatic nitrogens is 2. The van der Waals surface area contributed by atoms with Crippen molar-refractivity contribution in [3.05, 3.63) is 49.7 Å². The number of hydrogen-bond acceptors (Lipinski definition) is 4. The summed E-state index contributed by atoms with van der Waals surface area (Å²) in [6.07, 6.45) is 0.125. The van der Waals surface area contributed by atoms with E-state index in [4.69, 9.17) is 28.9 Å². The average Bonchev–Trinajstić information content (AvgIpc) is 2.40. The Labute approximate surface area is 129 Å². The van der Waals surface area contributed by atoms with E-state index in [1.807, 2.05) is 0 Å². The van der Waals surface area contributed by atoms with Gasteiger partial charge in [-0.2, -0.15) is 4.98 Å². The molecule has 0 aliphatic carbocycles. The zero-order valence-corrected chi connectivity index (χ0v) is 12.1. The molecule has 3 rings (SSSR count). The quantitative estimate of drug-likeness (QED) is 0.747. The zero-order chi connectivity index (χ0) is 15.1. The average molecular weight is 325 g/mol. The van der Waals surface area contributed by atoms with Gasteiger partial charge in [0.25, 0.3) is 5.56 Å². The van der Waals surface area contributed by atoms with E-state index in [2.05, 4.69) is 15.3 Å². The molecule has 2 aromatic rings. The molecule has 1 amide bonds. The number of H-pyrrole nitrogens is 1. The smallest absolute Gasteiger partial charge is 0.258 e.